The minimum Gasteiger partial charge on any atom is -0.491 e. The van der Waals surface area contributed by atoms with E-state index in [0.29, 0.717) is 157 Å². The molecule has 6 aromatic rings. The van der Waals surface area contributed by atoms with Crippen molar-refractivity contribution in [2.45, 2.75) is 289 Å². The molecule has 3 aromatic heterocycles. The largest absolute Gasteiger partial charge is 0.491 e. The van der Waals surface area contributed by atoms with E-state index < -0.39 is 5.97 Å². The van der Waals surface area contributed by atoms with Crippen LogP contribution < -0.4 is 75.9 Å². The zero-order valence-corrected chi connectivity index (χ0v) is 84.3. The van der Waals surface area contributed by atoms with E-state index in [1.807, 2.05) is 63.8 Å². The lowest BCUT2D eigenvalue weighted by molar-refractivity contribution is -0.120. The standard InChI is InChI=1S/2C35H50N8O3.C21H25N5O4.C14H27N3/c2*1-5-29-34(45)40(4)30-20-36-35(39-32(30)43(29)22(2)3)38-28-13-12-27(26-14-19-46-31(26)28)33(44)37-24-8-10-25(11-9-24)42-17-15-41(16-18-42)21-23-6-7-23;1-5-15-19(27)25(4)16-10-22-21(24-18(16)26(15)11(2)3)23-14-7-6-13(20(28)29)12-8-9-30-17(12)14;15-13-3-5-14(6-4-13)17-9-7-16(8-10-17)11-12-1-2-12/h2*12-13,20,22-25,29H,5-11,14-19,21H2,1-4H3,(H,37,44)(H,36,38,39);6-7,10-11,15H,5,8-9H2,1-4H3,(H,28,29)(H,22,23,24);12-14H,1-11,15H2/t2*24?,25?,29-;15-;/m111./s1. The number of carboxylic acids is 1. The minimum atomic E-state index is -0.973. The molecule has 8 N–H and O–H groups in total. The van der Waals surface area contributed by atoms with Gasteiger partial charge in [-0.2, -0.15) is 15.0 Å². The van der Waals surface area contributed by atoms with E-state index in [1.54, 1.807) is 66.6 Å². The van der Waals surface area contributed by atoms with Gasteiger partial charge in [-0.05, 0) is 231 Å². The molecule has 34 nitrogen and oxygen atoms in total. The number of likely N-dealkylation sites (N-methyl/N-ethyl adjacent to an activating group) is 3. The summed E-state index contributed by atoms with van der Waals surface area (Å²) in [6.45, 7) is 38.7. The molecule has 34 heteroatoms. The maximum atomic E-state index is 13.6. The normalized spacial score (nSPS) is 25.1. The fraction of sp³-hybridized carbons (Fsp3) is 0.657. The van der Waals surface area contributed by atoms with Crippen LogP contribution in [0.1, 0.15) is 245 Å². The Labute approximate surface area is 821 Å². The third kappa shape index (κ3) is 22.3. The number of carbonyl (C=O) groups excluding carboxylic acids is 5. The molecule has 6 saturated carbocycles. The Morgan fingerprint density at radius 1 is 0.396 bits per heavy atom. The molecule has 21 rings (SSSR count). The van der Waals surface area contributed by atoms with Crippen molar-refractivity contribution in [2.75, 3.05) is 184 Å². The number of hydrogen-bond donors (Lipinski definition) is 7. The van der Waals surface area contributed by atoms with Gasteiger partial charge in [0.25, 0.3) is 11.8 Å². The van der Waals surface area contributed by atoms with Gasteiger partial charge in [-0.3, -0.25) is 38.7 Å². The minimum absolute atomic E-state index is 0.0126. The van der Waals surface area contributed by atoms with Crippen LogP contribution in [0.25, 0.3) is 0 Å². The zero-order valence-electron chi connectivity index (χ0n) is 84.3. The number of amides is 5. The highest BCUT2D eigenvalue weighted by atomic mass is 16.5. The van der Waals surface area contributed by atoms with E-state index in [2.05, 4.69) is 108 Å². The number of nitrogens with zero attached hydrogens (tertiary/aromatic N) is 18. The molecule has 0 unspecified atom stereocenters. The Morgan fingerprint density at radius 2 is 0.676 bits per heavy atom. The molecule has 0 spiro atoms. The molecule has 9 aliphatic heterocycles. The van der Waals surface area contributed by atoms with Crippen LogP contribution in [-0.2, 0) is 33.6 Å². The summed E-state index contributed by atoms with van der Waals surface area (Å²) in [5.41, 5.74) is 14.3. The lowest BCUT2D eigenvalue weighted by atomic mass is 9.89. The second kappa shape index (κ2) is 43.6. The maximum Gasteiger partial charge on any atom is 0.336 e. The van der Waals surface area contributed by atoms with Crippen LogP contribution in [0.4, 0.5) is 69.4 Å². The van der Waals surface area contributed by atoms with Gasteiger partial charge < -0.3 is 95.7 Å². The molecule has 9 fully saturated rings. The predicted octanol–water partition coefficient (Wildman–Crippen LogP) is 12.5. The number of rotatable bonds is 26. The number of benzene rings is 3. The Morgan fingerprint density at radius 3 is 0.950 bits per heavy atom. The summed E-state index contributed by atoms with van der Waals surface area (Å²) in [6.07, 6.45) is 31.6. The van der Waals surface area contributed by atoms with Crippen molar-refractivity contribution in [3.05, 3.63) is 88.4 Å². The van der Waals surface area contributed by atoms with Crippen LogP contribution in [0.5, 0.6) is 17.2 Å². The molecule has 5 amide bonds. The molecule has 3 atom stereocenters. The third-order valence-electron chi connectivity index (χ3n) is 32.0. The maximum absolute atomic E-state index is 13.6. The first-order chi connectivity index (χ1) is 67.2. The molecule has 6 aliphatic carbocycles. The van der Waals surface area contributed by atoms with Crippen LogP contribution in [0.3, 0.4) is 0 Å². The van der Waals surface area contributed by atoms with E-state index in [9.17, 15) is 33.9 Å². The van der Waals surface area contributed by atoms with Crippen molar-refractivity contribution in [3.8, 4) is 17.2 Å². The first-order valence-corrected chi connectivity index (χ1v) is 52.7. The van der Waals surface area contributed by atoms with Crippen LogP contribution in [0.2, 0.25) is 0 Å². The first kappa shape index (κ1) is 98.8. The summed E-state index contributed by atoms with van der Waals surface area (Å²) in [4.78, 5) is 133. The summed E-state index contributed by atoms with van der Waals surface area (Å²) in [6, 6.07) is 13.3. The Bertz CT molecular complexity index is 5140. The molecule has 139 heavy (non-hydrogen) atoms. The molecule has 3 saturated heterocycles. The second-order valence-corrected chi connectivity index (χ2v) is 42.4. The van der Waals surface area contributed by atoms with Crippen molar-refractivity contribution < 1.29 is 48.1 Å². The molecule has 0 bridgehead atoms. The topological polar surface area (TPSA) is 353 Å². The van der Waals surface area contributed by atoms with E-state index >= 15 is 0 Å². The van der Waals surface area contributed by atoms with Gasteiger partial charge in [0.2, 0.25) is 35.6 Å². The Kier molecular flexibility index (Phi) is 31.0. The molecule has 12 heterocycles. The summed E-state index contributed by atoms with van der Waals surface area (Å²) >= 11 is 0. The van der Waals surface area contributed by atoms with Crippen molar-refractivity contribution >= 4 is 105 Å². The van der Waals surface area contributed by atoms with Gasteiger partial charge >= 0.3 is 5.97 Å². The Balaban J connectivity index is 0.000000129. The van der Waals surface area contributed by atoms with E-state index in [-0.39, 0.29) is 83.4 Å². The smallest absolute Gasteiger partial charge is 0.336 e. The van der Waals surface area contributed by atoms with Gasteiger partial charge in [0.1, 0.15) is 52.4 Å². The summed E-state index contributed by atoms with van der Waals surface area (Å²) in [5, 5.41) is 26.0. The van der Waals surface area contributed by atoms with Gasteiger partial charge in [0, 0.05) is 221 Å². The van der Waals surface area contributed by atoms with Crippen LogP contribution in [0, 0.1) is 17.8 Å². The van der Waals surface area contributed by atoms with E-state index in [1.165, 1.54) is 162 Å². The van der Waals surface area contributed by atoms with Gasteiger partial charge in [-0.1, -0.05) is 20.8 Å². The van der Waals surface area contributed by atoms with Gasteiger partial charge in [0.15, 0.2) is 17.5 Å². The monoisotopic (exact) mass is 1910 g/mol. The van der Waals surface area contributed by atoms with Crippen LogP contribution in [-0.4, -0.2) is 312 Å². The lowest BCUT2D eigenvalue weighted by Crippen LogP contribution is -2.54. The highest BCUT2D eigenvalue weighted by molar-refractivity contribution is 6.07. The fourth-order valence-electron chi connectivity index (χ4n) is 23.6. The van der Waals surface area contributed by atoms with Crippen LogP contribution >= 0.6 is 0 Å². The number of aromatic nitrogens is 6. The third-order valence-corrected chi connectivity index (χ3v) is 32.0. The molecule has 15 aliphatic rings. The molecule has 3 aromatic carbocycles. The number of hydrogen-bond acceptors (Lipinski definition) is 28. The number of carboxylic acid groups (broad SMARTS) is 1. The van der Waals surface area contributed by atoms with Crippen molar-refractivity contribution in [3.63, 3.8) is 0 Å². The number of nitrogens with two attached hydrogens (primary N) is 1. The highest BCUT2D eigenvalue weighted by Gasteiger charge is 2.45. The van der Waals surface area contributed by atoms with Gasteiger partial charge in [0.05, 0.1) is 61.0 Å². The molecule has 752 valence electrons. The average Bonchev–Trinajstić information content (AvgIpc) is 1.44. The quantitative estimate of drug-likeness (QED) is 0.0265. The van der Waals surface area contributed by atoms with E-state index in [0.717, 1.165) is 109 Å². The number of carbonyl (C=O) groups is 6. The zero-order chi connectivity index (χ0) is 97.1. The summed E-state index contributed by atoms with van der Waals surface area (Å²) in [5.74, 6) is 7.41. The average molecular weight is 1910 g/mol. The number of aromatic carboxylic acids is 1. The van der Waals surface area contributed by atoms with E-state index in [4.69, 9.17) is 34.9 Å². The number of anilines is 12. The number of nitrogens with one attached hydrogen (secondary N) is 5. The molecular formula is C105H152N24O10. The molecule has 0 radical (unpaired) electrons. The fourth-order valence-corrected chi connectivity index (χ4v) is 23.6. The van der Waals surface area contributed by atoms with Gasteiger partial charge in [-0.15, -0.1) is 0 Å². The first-order valence-electron chi connectivity index (χ1n) is 52.7. The van der Waals surface area contributed by atoms with Crippen LogP contribution in [0.15, 0.2) is 55.0 Å². The second-order valence-electron chi connectivity index (χ2n) is 42.4. The van der Waals surface area contributed by atoms with Crippen molar-refractivity contribution in [1.29, 1.82) is 0 Å². The summed E-state index contributed by atoms with van der Waals surface area (Å²) < 4.78 is 17.8. The molecular weight excluding hydrogens is 1760 g/mol. The number of piperazine rings is 3. The van der Waals surface area contributed by atoms with Gasteiger partial charge in [-0.25, -0.2) is 19.7 Å². The van der Waals surface area contributed by atoms with Crippen molar-refractivity contribution in [2.24, 2.45) is 23.5 Å². The number of fused-ring (bicyclic) bond motifs is 6. The summed E-state index contributed by atoms with van der Waals surface area (Å²) in [7, 11) is 5.31. The predicted molar refractivity (Wildman–Crippen MR) is 545 cm³/mol. The highest BCUT2D eigenvalue weighted by Crippen LogP contribution is 2.47. The Hall–Kier alpha value is -10.4. The number of ether oxygens (including phenoxy) is 3. The SMILES string of the molecule is CC[C@@H]1C(=O)N(C)c2cnc(Nc3ccc(C(=O)NC4CCC(N5CCN(CC6CC6)CC5)CC4)c4c3OCC4)nc2N1C(C)C.CC[C@@H]1C(=O)N(C)c2cnc(Nc3ccc(C(=O)NC4CCC(N5CCN(CC6CC6)CC5)CC4)c4c3OCC4)nc2N1C(C)C.CC[C@@H]1C(=O)N(C)c2cnc(Nc3ccc(C(=O)O)c4c3OCC4)nc2N1C(C)C.NC1CCC(N2CCN(CC3CC3)CC2)CC1. The lowest BCUT2D eigenvalue weighted by Gasteiger charge is -2.42. The van der Waals surface area contributed by atoms with Crippen molar-refractivity contribution in [1.82, 2.24) is 69.9 Å².